The van der Waals surface area contributed by atoms with Crippen LogP contribution in [0, 0.1) is 0 Å². The summed E-state index contributed by atoms with van der Waals surface area (Å²) in [6, 6.07) is 9.54. The van der Waals surface area contributed by atoms with Gasteiger partial charge in [0.25, 0.3) is 0 Å². The van der Waals surface area contributed by atoms with Crippen LogP contribution in [0.2, 0.25) is 0 Å². The molecule has 2 aromatic carbocycles. The number of likely N-dealkylation sites (N-methyl/N-ethyl adjacent to an activating group) is 2. The molecule has 4 aromatic rings. The molecule has 0 radical (unpaired) electrons. The third kappa shape index (κ3) is 7.69. The fourth-order valence-corrected chi connectivity index (χ4v) is 3.77. The van der Waals surface area contributed by atoms with Crippen LogP contribution in [0.1, 0.15) is 34.9 Å². The highest BCUT2D eigenvalue weighted by Gasteiger charge is 2.15. The highest BCUT2D eigenvalue weighted by Crippen LogP contribution is 2.30. The number of carbonyl (C=O) groups excluding carboxylic acids is 2. The maximum Gasteiger partial charge on any atom is 0.313 e. The molecule has 9 heteroatoms. The summed E-state index contributed by atoms with van der Waals surface area (Å²) in [5.74, 6) is -1.23. The molecule has 0 bridgehead atoms. The number of nitrogens with one attached hydrogen (secondary N) is 2. The normalized spacial score (nSPS) is 16.2. The van der Waals surface area contributed by atoms with E-state index in [4.69, 9.17) is 25.2 Å². The quantitative estimate of drug-likeness (QED) is 0.140. The van der Waals surface area contributed by atoms with Crippen LogP contribution in [0.5, 0.6) is 11.5 Å². The van der Waals surface area contributed by atoms with Crippen molar-refractivity contribution in [1.82, 2.24) is 19.8 Å². The molecule has 0 unspecified atom stereocenters. The topological polar surface area (TPSA) is 99.9 Å². The van der Waals surface area contributed by atoms with Gasteiger partial charge < -0.3 is 34.0 Å². The monoisotopic (exact) mass is 542 g/mol. The van der Waals surface area contributed by atoms with Gasteiger partial charge in [0.2, 0.25) is 0 Å². The van der Waals surface area contributed by atoms with E-state index in [1.807, 2.05) is 0 Å². The largest absolute Gasteiger partial charge is 0.426 e. The van der Waals surface area contributed by atoms with Gasteiger partial charge in [0, 0.05) is 58.2 Å². The Balaban J connectivity index is 1.35. The molecule has 0 saturated carbocycles. The number of rotatable bonds is 14. The maximum absolute atomic E-state index is 12.7. The zero-order valence-corrected chi connectivity index (χ0v) is 22.4. The van der Waals surface area contributed by atoms with Crippen LogP contribution in [-0.2, 0) is 27.1 Å². The van der Waals surface area contributed by atoms with E-state index in [0.29, 0.717) is 11.0 Å². The summed E-state index contributed by atoms with van der Waals surface area (Å²) in [7, 11) is 5.73. The van der Waals surface area contributed by atoms with Crippen LogP contribution in [0.15, 0.2) is 48.8 Å². The molecule has 0 aliphatic rings. The van der Waals surface area contributed by atoms with Gasteiger partial charge in [0.05, 0.1) is 26.1 Å². The fourth-order valence-electron chi connectivity index (χ4n) is 3.77. The van der Waals surface area contributed by atoms with Gasteiger partial charge in [-0.3, -0.25) is 9.59 Å². The lowest BCUT2D eigenvalue weighted by atomic mass is 10.1. The van der Waals surface area contributed by atoms with Gasteiger partial charge in [0.15, 0.2) is 0 Å². The lowest BCUT2D eigenvalue weighted by Gasteiger charge is -2.11. The molecule has 0 spiro atoms. The van der Waals surface area contributed by atoms with Crippen LogP contribution < -0.4 is 9.47 Å². The SMILES string of the molecule is [2H]C([2H])(c1c[nH]c2cccc(OC(=O)CCOCCC(=O)Oc3cccc4[nH]cc(C([2H])([2H])C([2H])([2H])N(C)C)c34)c12)C([2H])([2H])N(C)C. The fraction of sp³-hybridized carbons (Fsp3) is 0.400. The van der Waals surface area contributed by atoms with Gasteiger partial charge in [-0.2, -0.15) is 0 Å². The number of esters is 2. The summed E-state index contributed by atoms with van der Waals surface area (Å²) in [4.78, 5) is 33.4. The molecule has 0 atom stereocenters. The van der Waals surface area contributed by atoms with Gasteiger partial charge in [-0.15, -0.1) is 0 Å². The molecule has 0 aliphatic carbocycles. The second-order valence-corrected chi connectivity index (χ2v) is 9.09. The average Bonchev–Trinajstić information content (AvgIpc) is 3.63. The molecular weight excluding hydrogens is 496 g/mol. The zero-order chi connectivity index (χ0) is 34.9. The van der Waals surface area contributed by atoms with Crippen molar-refractivity contribution in [2.24, 2.45) is 0 Å². The van der Waals surface area contributed by atoms with Crippen LogP contribution in [-0.4, -0.2) is 86.1 Å². The first kappa shape index (κ1) is 19.4. The smallest absolute Gasteiger partial charge is 0.313 e. The van der Waals surface area contributed by atoms with Crippen LogP contribution in [0.25, 0.3) is 21.8 Å². The average molecular weight is 543 g/mol. The highest BCUT2D eigenvalue weighted by atomic mass is 16.5. The van der Waals surface area contributed by atoms with E-state index in [9.17, 15) is 9.59 Å². The first-order valence-corrected chi connectivity index (χ1v) is 12.4. The number of aromatic nitrogens is 2. The predicted octanol–water partition coefficient (Wildman–Crippen LogP) is 4.17. The van der Waals surface area contributed by atoms with E-state index >= 15 is 0 Å². The Morgan fingerprint density at radius 3 is 1.59 bits per heavy atom. The number of hydrogen-bond acceptors (Lipinski definition) is 7. The predicted molar refractivity (Wildman–Crippen MR) is 152 cm³/mol. The number of ether oxygens (including phenoxy) is 3. The van der Waals surface area contributed by atoms with Crippen molar-refractivity contribution in [3.05, 3.63) is 59.9 Å². The molecule has 0 amide bonds. The Morgan fingerprint density at radius 2 is 1.18 bits per heavy atom. The van der Waals surface area contributed by atoms with E-state index in [1.54, 1.807) is 24.3 Å². The Morgan fingerprint density at radius 1 is 0.744 bits per heavy atom. The number of H-pyrrole nitrogens is 2. The minimum atomic E-state index is -2.46. The number of benzene rings is 2. The second-order valence-electron chi connectivity index (χ2n) is 9.09. The molecule has 2 N–H and O–H groups in total. The first-order chi connectivity index (χ1) is 21.8. The molecule has 208 valence electrons. The first-order valence-electron chi connectivity index (χ1n) is 16.4. The molecule has 39 heavy (non-hydrogen) atoms. The van der Waals surface area contributed by atoms with Crippen LogP contribution >= 0.6 is 0 Å². The second kappa shape index (κ2) is 13.4. The number of aryl methyl sites for hydroxylation is 2. The van der Waals surface area contributed by atoms with E-state index < -0.39 is 37.7 Å². The molecular formula is C30H38N4O5. The number of aromatic amines is 2. The van der Waals surface area contributed by atoms with Gasteiger partial charge in [-0.05, 0) is 76.3 Å². The summed E-state index contributed by atoms with van der Waals surface area (Å²) < 4.78 is 83.8. The summed E-state index contributed by atoms with van der Waals surface area (Å²) >= 11 is 0. The van der Waals surface area contributed by atoms with Crippen LogP contribution in [0.4, 0.5) is 0 Å². The van der Waals surface area contributed by atoms with Crippen molar-refractivity contribution in [1.29, 1.82) is 0 Å². The van der Waals surface area contributed by atoms with E-state index in [-0.39, 0.29) is 59.5 Å². The minimum Gasteiger partial charge on any atom is -0.426 e. The van der Waals surface area contributed by atoms with Crippen molar-refractivity contribution >= 4 is 33.7 Å². The Labute approximate surface area is 240 Å². The number of nitrogens with zero attached hydrogens (tertiary/aromatic N) is 2. The maximum atomic E-state index is 12.7. The molecule has 2 aromatic heterocycles. The summed E-state index contributed by atoms with van der Waals surface area (Å²) in [6.45, 7) is -4.94. The third-order valence-corrected chi connectivity index (χ3v) is 5.51. The Kier molecular flexibility index (Phi) is 6.68. The molecule has 0 saturated heterocycles. The van der Waals surface area contributed by atoms with E-state index in [0.717, 1.165) is 9.80 Å². The Hall–Kier alpha value is -3.66. The van der Waals surface area contributed by atoms with Gasteiger partial charge in [-0.25, -0.2) is 0 Å². The van der Waals surface area contributed by atoms with Crippen molar-refractivity contribution < 1.29 is 34.8 Å². The summed E-state index contributed by atoms with van der Waals surface area (Å²) in [6.07, 6.45) is -2.58. The van der Waals surface area contributed by atoms with E-state index in [1.165, 1.54) is 52.7 Å². The molecule has 9 nitrogen and oxygen atoms in total. The Bertz CT molecular complexity index is 1630. The third-order valence-electron chi connectivity index (χ3n) is 5.51. The van der Waals surface area contributed by atoms with Gasteiger partial charge >= 0.3 is 11.9 Å². The molecule has 0 fully saturated rings. The number of hydrogen-bond donors (Lipinski definition) is 2. The lowest BCUT2D eigenvalue weighted by molar-refractivity contribution is -0.136. The lowest BCUT2D eigenvalue weighted by Crippen LogP contribution is -2.16. The van der Waals surface area contributed by atoms with E-state index in [2.05, 4.69) is 9.97 Å². The van der Waals surface area contributed by atoms with Gasteiger partial charge in [0.1, 0.15) is 11.5 Å². The number of fused-ring (bicyclic) bond motifs is 2. The minimum absolute atomic E-state index is 0.000586. The van der Waals surface area contributed by atoms with Gasteiger partial charge in [-0.1, -0.05) is 12.1 Å². The number of carbonyl (C=O) groups is 2. The molecule has 4 rings (SSSR count). The standard InChI is InChI=1S/C30H38N4O5/c1-33(2)15-11-21-19-31-23-7-5-9-25(29(21)23)38-27(35)13-17-37-18-14-28(36)39-26-10-6-8-24-30(26)22(20-32-24)12-16-34(3)4/h5-10,19-20,31-32H,11-18H2,1-4H3/i11D2,12D2,15D2,16D2. The van der Waals surface area contributed by atoms with Crippen molar-refractivity contribution in [3.8, 4) is 11.5 Å². The van der Waals surface area contributed by atoms with Crippen LogP contribution in [0.3, 0.4) is 0 Å². The molecule has 0 aliphatic heterocycles. The highest BCUT2D eigenvalue weighted by molar-refractivity contribution is 5.92. The van der Waals surface area contributed by atoms with Crippen molar-refractivity contribution in [2.75, 3.05) is 54.4 Å². The summed E-state index contributed by atoms with van der Waals surface area (Å²) in [5, 5.41) is 0.485. The summed E-state index contributed by atoms with van der Waals surface area (Å²) in [5.41, 5.74) is 0.931. The van der Waals surface area contributed by atoms with Crippen molar-refractivity contribution in [2.45, 2.75) is 25.6 Å². The van der Waals surface area contributed by atoms with Crippen molar-refractivity contribution in [3.63, 3.8) is 0 Å². The molecule has 2 heterocycles. The zero-order valence-electron chi connectivity index (χ0n) is 30.4.